The van der Waals surface area contributed by atoms with E-state index in [4.69, 9.17) is 63.1 Å². The van der Waals surface area contributed by atoms with E-state index in [1.807, 2.05) is 0 Å². The van der Waals surface area contributed by atoms with Crippen LogP contribution in [0.15, 0.2) is 55.4 Å². The minimum absolute atomic E-state index is 0.00153. The quantitative estimate of drug-likeness (QED) is 0.0167. The van der Waals surface area contributed by atoms with Gasteiger partial charge in [-0.15, -0.1) is 0 Å². The van der Waals surface area contributed by atoms with Gasteiger partial charge in [0.05, 0.1) is 12.1 Å². The minimum atomic E-state index is -1.67. The molecule has 33 N–H and O–H groups in total. The lowest BCUT2D eigenvalue weighted by molar-refractivity contribution is -0.143. The van der Waals surface area contributed by atoms with Gasteiger partial charge in [-0.2, -0.15) is 0 Å². The molecule has 0 fully saturated rings. The lowest BCUT2D eigenvalue weighted by Gasteiger charge is -2.29. The minimum Gasteiger partial charge on any atom is -0.480 e. The number of carboxylic acid groups (broad SMARTS) is 1. The maximum Gasteiger partial charge on any atom is 0.326 e. The number of nitrogens with two attached hydrogens (primary N) is 11. The van der Waals surface area contributed by atoms with Crippen LogP contribution in [-0.2, 0) is 49.6 Å². The predicted octanol–water partition coefficient (Wildman–Crippen LogP) is -6.26. The van der Waals surface area contributed by atoms with Crippen LogP contribution in [0.5, 0.6) is 0 Å². The van der Waals surface area contributed by atoms with E-state index in [-0.39, 0.29) is 151 Å². The molecule has 0 radical (unpaired) electrons. The highest BCUT2D eigenvalue weighted by atomic mass is 16.4. The van der Waals surface area contributed by atoms with E-state index in [0.29, 0.717) is 22.9 Å². The first-order valence-electron chi connectivity index (χ1n) is 30.7. The summed E-state index contributed by atoms with van der Waals surface area (Å²) in [6.07, 6.45) is 0.255. The zero-order valence-corrected chi connectivity index (χ0v) is 53.7. The van der Waals surface area contributed by atoms with Gasteiger partial charge in [0.25, 0.3) is 0 Å². The summed E-state index contributed by atoms with van der Waals surface area (Å²) in [5, 5.41) is 42.2. The fraction of sp³-hybridized carbons (Fsp3) is 0.614. The Hall–Kier alpha value is -9.74. The number of aliphatic imine (C=N–C) groups is 5. The number of hydrogen-bond donors (Lipinski definition) is 22. The van der Waals surface area contributed by atoms with Gasteiger partial charge in [0.2, 0.25) is 47.3 Å². The Bertz CT molecular complexity index is 2910. The third-order valence-electron chi connectivity index (χ3n) is 14.1. The summed E-state index contributed by atoms with van der Waals surface area (Å²) in [5.74, 6) is -10.0. The number of benzene rings is 1. The maximum absolute atomic E-state index is 15.1. The van der Waals surface area contributed by atoms with Crippen LogP contribution in [-0.4, -0.2) is 191 Å². The van der Waals surface area contributed by atoms with Crippen LogP contribution in [0.1, 0.15) is 117 Å². The molecule has 0 aliphatic carbocycles. The first-order valence-corrected chi connectivity index (χ1v) is 30.7. The summed E-state index contributed by atoms with van der Waals surface area (Å²) in [6, 6.07) is -5.69. The van der Waals surface area contributed by atoms with E-state index >= 15 is 4.79 Å². The highest BCUT2D eigenvalue weighted by molar-refractivity contribution is 5.99. The number of aromatic nitrogens is 1. The number of fused-ring (bicyclic) bond motifs is 1. The van der Waals surface area contributed by atoms with Crippen LogP contribution < -0.4 is 106 Å². The van der Waals surface area contributed by atoms with Gasteiger partial charge in [-0.3, -0.25) is 63.3 Å². The van der Waals surface area contributed by atoms with E-state index in [1.54, 1.807) is 58.2 Å². The number of nitrogens with one attached hydrogen (secondary N) is 9. The Balaban J connectivity index is 2.73. The molecule has 0 aliphatic heterocycles. The van der Waals surface area contributed by atoms with Crippen LogP contribution >= 0.6 is 0 Å². The number of nitrogens with zero attached hydrogens (tertiary/aromatic N) is 5. The smallest absolute Gasteiger partial charge is 0.326 e. The van der Waals surface area contributed by atoms with Crippen molar-refractivity contribution in [3.8, 4) is 0 Å². The zero-order valence-electron chi connectivity index (χ0n) is 53.7. The number of amides is 8. The molecule has 0 unspecified atom stereocenters. The first-order chi connectivity index (χ1) is 43.8. The second-order valence-electron chi connectivity index (χ2n) is 23.2. The number of aliphatic carboxylic acids is 1. The van der Waals surface area contributed by atoms with Gasteiger partial charge in [0.1, 0.15) is 48.3 Å². The molecule has 0 saturated heterocycles. The lowest BCUT2D eigenvalue weighted by Crippen LogP contribution is -2.61. The van der Waals surface area contributed by atoms with Gasteiger partial charge in [0, 0.05) is 56.2 Å². The van der Waals surface area contributed by atoms with Crippen LogP contribution in [0, 0.1) is 11.8 Å². The Morgan fingerprint density at radius 3 is 1.13 bits per heavy atom. The Morgan fingerprint density at radius 2 is 0.753 bits per heavy atom. The molecule has 1 heterocycles. The van der Waals surface area contributed by atoms with Crippen molar-refractivity contribution in [1.82, 2.24) is 47.5 Å². The molecule has 2 aromatic rings. The second-order valence-corrected chi connectivity index (χ2v) is 23.2. The standard InChI is InChI=1S/C57H101N25O11/c1-29(2)25-40(50(90)82-43(31(5)83)51(91)81-42(52(92)93)26-30(3)4)79-47(87)38(18-11-23-72-56(65)66)77-46(86)37(17-10-22-71-55(63)64)78-49(89)41(27-32-28-74-35-15-7-6-13-33(32)35)80-48(88)39(19-12-24-73-57(67)68)76-45(85)36(16-9-21-70-54(61)62)75-44(84)34(58)14-8-20-69-53(59)60/h6-7,13,15,28-31,34,36-43,74,83H,8-12,14,16-27,58H2,1-5H3,(H,75,84)(H,76,85)(H,77,86)(H,78,89)(H,79,87)(H,80,88)(H,81,91)(H,82,90)(H,92,93)(H4,59,60,69)(H4,61,62,70)(H4,63,64,71)(H4,65,66,72)(H4,67,68,73)/t31-,34+,36+,37+,38+,39+,40+,41+,42+,43+/m1/s1. The van der Waals surface area contributed by atoms with Crippen LogP contribution in [0.4, 0.5) is 0 Å². The number of aliphatic hydroxyl groups excluding tert-OH is 1. The van der Waals surface area contributed by atoms with Crippen molar-refractivity contribution in [2.45, 2.75) is 179 Å². The number of para-hydroxylation sites is 1. The predicted molar refractivity (Wildman–Crippen MR) is 353 cm³/mol. The van der Waals surface area contributed by atoms with Gasteiger partial charge >= 0.3 is 5.97 Å². The van der Waals surface area contributed by atoms with Crippen LogP contribution in [0.25, 0.3) is 10.9 Å². The number of H-pyrrole nitrogens is 1. The van der Waals surface area contributed by atoms with E-state index in [0.717, 1.165) is 0 Å². The van der Waals surface area contributed by atoms with E-state index in [9.17, 15) is 48.6 Å². The molecule has 0 spiro atoms. The molecule has 0 bridgehead atoms. The number of aromatic amines is 1. The Labute approximate surface area is 540 Å². The summed E-state index contributed by atoms with van der Waals surface area (Å²) in [6.45, 7) is 8.39. The summed E-state index contributed by atoms with van der Waals surface area (Å²) < 4.78 is 0. The fourth-order valence-corrected chi connectivity index (χ4v) is 9.43. The number of hydrogen-bond acceptors (Lipinski definition) is 16. The van der Waals surface area contributed by atoms with Crippen LogP contribution in [0.2, 0.25) is 0 Å². The van der Waals surface area contributed by atoms with Crippen molar-refractivity contribution < 1.29 is 53.4 Å². The Morgan fingerprint density at radius 1 is 0.430 bits per heavy atom. The number of carboxylic acids is 1. The molecule has 8 amide bonds. The third-order valence-corrected chi connectivity index (χ3v) is 14.1. The molecule has 520 valence electrons. The van der Waals surface area contributed by atoms with E-state index in [2.05, 4.69) is 72.5 Å². The largest absolute Gasteiger partial charge is 0.480 e. The van der Waals surface area contributed by atoms with Crippen molar-refractivity contribution in [3.05, 3.63) is 36.0 Å². The van der Waals surface area contributed by atoms with E-state index in [1.165, 1.54) is 6.92 Å². The summed E-state index contributed by atoms with van der Waals surface area (Å²) in [7, 11) is 0. The van der Waals surface area contributed by atoms with Gasteiger partial charge in [0.15, 0.2) is 29.8 Å². The molecular formula is C57H101N25O11. The molecule has 0 saturated carbocycles. The highest BCUT2D eigenvalue weighted by Crippen LogP contribution is 2.20. The first kappa shape index (κ1) is 79.4. The number of aliphatic hydroxyl groups is 1. The number of guanidine groups is 5. The fourth-order valence-electron chi connectivity index (χ4n) is 9.43. The molecular weight excluding hydrogens is 1210 g/mol. The molecule has 1 aromatic carbocycles. The zero-order chi connectivity index (χ0) is 69.9. The van der Waals surface area contributed by atoms with E-state index < -0.39 is 114 Å². The summed E-state index contributed by atoms with van der Waals surface area (Å²) in [5.41, 5.74) is 63.0. The third kappa shape index (κ3) is 31.7. The normalized spacial score (nSPS) is 14.3. The molecule has 1 aromatic heterocycles. The molecule has 10 atom stereocenters. The van der Waals surface area contributed by atoms with Gasteiger partial charge < -0.3 is 121 Å². The molecule has 2 rings (SSSR count). The van der Waals surface area contributed by atoms with Gasteiger partial charge in [-0.05, 0) is 107 Å². The molecule has 36 heteroatoms. The average Bonchev–Trinajstić information content (AvgIpc) is 1.75. The maximum atomic E-state index is 15.1. The van der Waals surface area contributed by atoms with Gasteiger partial charge in [-0.25, -0.2) is 4.79 Å². The average molecular weight is 1310 g/mol. The number of carbonyl (C=O) groups excluding carboxylic acids is 8. The van der Waals surface area contributed by atoms with Crippen molar-refractivity contribution >= 4 is 93.9 Å². The highest BCUT2D eigenvalue weighted by Gasteiger charge is 2.37. The number of carbonyl (C=O) groups is 9. The Kier molecular flexibility index (Phi) is 35.5. The SMILES string of the molecule is CC(C)C[C@H](NC(=O)[C@@H](NC(=O)[C@H](CC(C)C)NC(=O)[C@H](CCCN=C(N)N)NC(=O)[C@H](CCCN=C(N)N)NC(=O)[C@H](Cc1c[nH]c2ccccc12)NC(=O)[C@H](CCCN=C(N)N)NC(=O)[C@H](CCCN=C(N)N)NC(=O)[C@@H](N)CCCN=C(N)N)[C@@H](C)O)C(=O)O. The van der Waals surface area contributed by atoms with Crippen molar-refractivity contribution in [3.63, 3.8) is 0 Å². The summed E-state index contributed by atoms with van der Waals surface area (Å²) >= 11 is 0. The van der Waals surface area contributed by atoms with Crippen molar-refractivity contribution in [2.75, 3.05) is 32.7 Å². The topological polar surface area (TPSA) is 654 Å². The molecule has 0 aliphatic rings. The second kappa shape index (κ2) is 41.6. The van der Waals surface area contributed by atoms with Crippen molar-refractivity contribution in [1.29, 1.82) is 0 Å². The van der Waals surface area contributed by atoms with Gasteiger partial charge in [-0.1, -0.05) is 45.9 Å². The molecule has 36 nitrogen and oxygen atoms in total. The summed E-state index contributed by atoms with van der Waals surface area (Å²) in [4.78, 5) is 150. The lowest BCUT2D eigenvalue weighted by atomic mass is 10.00. The number of rotatable bonds is 44. The monoisotopic (exact) mass is 1310 g/mol. The van der Waals surface area contributed by atoms with Crippen molar-refractivity contribution in [2.24, 2.45) is 99.9 Å². The van der Waals surface area contributed by atoms with Crippen LogP contribution in [0.3, 0.4) is 0 Å². The molecule has 93 heavy (non-hydrogen) atoms.